The highest BCUT2D eigenvalue weighted by Gasteiger charge is 2.28. The SMILES string of the molecule is c1ccc2c(c1)Oc1ccccc1N2c1ccccc1-n1cc(-c2ccc(N3c4ccccc4Sc4ccccc43)cc2)nn1. The van der Waals surface area contributed by atoms with E-state index in [0.717, 1.165) is 51.2 Å². The standard InChI is InChI=1S/C38H25N5OS/c1-2-12-30(43-31-13-3-7-17-35(31)44-36-18-8-4-14-32(36)43)29(11-1)41-25-28(39-40-41)26-21-23-27(24-22-26)42-33-15-5-9-19-37(33)45-38-20-10-6-16-34(38)42/h1-25H. The zero-order valence-corrected chi connectivity index (χ0v) is 24.8. The van der Waals surface area contributed by atoms with Gasteiger partial charge in [-0.1, -0.05) is 89.8 Å². The van der Waals surface area contributed by atoms with Crippen LogP contribution in [0.15, 0.2) is 162 Å². The third-order valence-corrected chi connectivity index (χ3v) is 9.28. The van der Waals surface area contributed by atoms with Crippen LogP contribution in [0.5, 0.6) is 11.5 Å². The minimum Gasteiger partial charge on any atom is -0.453 e. The van der Waals surface area contributed by atoms with Crippen molar-refractivity contribution in [2.45, 2.75) is 9.79 Å². The summed E-state index contributed by atoms with van der Waals surface area (Å²) >= 11 is 1.81. The predicted molar refractivity (Wildman–Crippen MR) is 180 cm³/mol. The van der Waals surface area contributed by atoms with Gasteiger partial charge in [-0.25, -0.2) is 4.68 Å². The Morgan fingerprint density at radius 3 is 1.60 bits per heavy atom. The van der Waals surface area contributed by atoms with Gasteiger partial charge in [0.05, 0.1) is 40.3 Å². The number of aromatic nitrogens is 3. The van der Waals surface area contributed by atoms with Gasteiger partial charge in [-0.3, -0.25) is 0 Å². The molecule has 0 aliphatic carbocycles. The number of para-hydroxylation sites is 8. The number of hydrogen-bond acceptors (Lipinski definition) is 6. The van der Waals surface area contributed by atoms with Crippen molar-refractivity contribution < 1.29 is 4.74 Å². The second-order valence-corrected chi connectivity index (χ2v) is 11.9. The zero-order valence-electron chi connectivity index (χ0n) is 24.0. The molecule has 3 heterocycles. The van der Waals surface area contributed by atoms with Crippen LogP contribution in [0.4, 0.5) is 34.1 Å². The Morgan fingerprint density at radius 2 is 0.978 bits per heavy atom. The second kappa shape index (κ2) is 10.4. The van der Waals surface area contributed by atoms with Crippen LogP contribution in [0.1, 0.15) is 0 Å². The summed E-state index contributed by atoms with van der Waals surface area (Å²) < 4.78 is 8.10. The predicted octanol–water partition coefficient (Wildman–Crippen LogP) is 10.4. The zero-order chi connectivity index (χ0) is 29.7. The van der Waals surface area contributed by atoms with Gasteiger partial charge in [-0.05, 0) is 72.8 Å². The molecule has 0 unspecified atom stereocenters. The molecule has 7 aromatic rings. The van der Waals surface area contributed by atoms with Crippen LogP contribution in [-0.2, 0) is 0 Å². The highest BCUT2D eigenvalue weighted by atomic mass is 32.2. The third-order valence-electron chi connectivity index (χ3n) is 8.15. The van der Waals surface area contributed by atoms with Gasteiger partial charge in [0.15, 0.2) is 11.5 Å². The fraction of sp³-hybridized carbons (Fsp3) is 0. The van der Waals surface area contributed by atoms with Crippen molar-refractivity contribution in [2.24, 2.45) is 0 Å². The van der Waals surface area contributed by atoms with Crippen molar-refractivity contribution >= 4 is 45.9 Å². The number of ether oxygens (including phenoxy) is 1. The lowest BCUT2D eigenvalue weighted by atomic mass is 10.1. The molecule has 2 aliphatic rings. The van der Waals surface area contributed by atoms with Crippen molar-refractivity contribution in [2.75, 3.05) is 9.80 Å². The molecule has 0 bridgehead atoms. The summed E-state index contributed by atoms with van der Waals surface area (Å²) in [5.41, 5.74) is 9.10. The molecule has 0 spiro atoms. The average Bonchev–Trinajstić information content (AvgIpc) is 3.60. The number of nitrogens with zero attached hydrogens (tertiary/aromatic N) is 5. The van der Waals surface area contributed by atoms with Crippen LogP contribution in [0, 0.1) is 0 Å². The Kier molecular flexibility index (Phi) is 5.96. The molecule has 1 aromatic heterocycles. The second-order valence-electron chi connectivity index (χ2n) is 10.8. The van der Waals surface area contributed by atoms with Crippen LogP contribution in [0.25, 0.3) is 16.9 Å². The topological polar surface area (TPSA) is 46.4 Å². The van der Waals surface area contributed by atoms with E-state index in [9.17, 15) is 0 Å². The molecular weight excluding hydrogens is 575 g/mol. The molecule has 0 saturated heterocycles. The number of fused-ring (bicyclic) bond motifs is 4. The molecule has 214 valence electrons. The molecule has 6 aromatic carbocycles. The monoisotopic (exact) mass is 599 g/mol. The number of benzene rings is 6. The summed E-state index contributed by atoms with van der Waals surface area (Å²) in [7, 11) is 0. The van der Waals surface area contributed by atoms with E-state index in [1.165, 1.54) is 21.2 Å². The summed E-state index contributed by atoms with van der Waals surface area (Å²) in [6.07, 6.45) is 1.99. The van der Waals surface area contributed by atoms with Crippen molar-refractivity contribution in [1.82, 2.24) is 15.0 Å². The number of anilines is 6. The fourth-order valence-corrected chi connectivity index (χ4v) is 7.15. The summed E-state index contributed by atoms with van der Waals surface area (Å²) in [4.78, 5) is 7.04. The Hall–Kier alpha value is -5.79. The summed E-state index contributed by atoms with van der Waals surface area (Å²) in [5.74, 6) is 1.62. The molecule has 0 fully saturated rings. The molecule has 7 heteroatoms. The molecule has 0 atom stereocenters. The summed E-state index contributed by atoms with van der Waals surface area (Å²) in [6.45, 7) is 0. The lowest BCUT2D eigenvalue weighted by Crippen LogP contribution is -2.17. The first-order chi connectivity index (χ1) is 22.3. The van der Waals surface area contributed by atoms with Gasteiger partial charge in [0, 0.05) is 21.0 Å². The van der Waals surface area contributed by atoms with Crippen LogP contribution >= 0.6 is 11.8 Å². The maximum atomic E-state index is 6.25. The summed E-state index contributed by atoms with van der Waals surface area (Å²) in [6, 6.07) is 50.1. The number of rotatable bonds is 4. The van der Waals surface area contributed by atoms with Gasteiger partial charge in [-0.15, -0.1) is 5.10 Å². The molecule has 6 nitrogen and oxygen atoms in total. The van der Waals surface area contributed by atoms with E-state index in [1.54, 1.807) is 0 Å². The van der Waals surface area contributed by atoms with Crippen LogP contribution in [0.3, 0.4) is 0 Å². The maximum Gasteiger partial charge on any atom is 0.151 e. The molecular formula is C38H25N5OS. The third kappa shape index (κ3) is 4.28. The Labute approximate surface area is 264 Å². The quantitative estimate of drug-likeness (QED) is 0.201. The van der Waals surface area contributed by atoms with Crippen molar-refractivity contribution in [1.29, 1.82) is 0 Å². The minimum atomic E-state index is 0.800. The minimum absolute atomic E-state index is 0.800. The Morgan fingerprint density at radius 1 is 0.467 bits per heavy atom. The van der Waals surface area contributed by atoms with Gasteiger partial charge >= 0.3 is 0 Å². The Balaban J connectivity index is 1.08. The van der Waals surface area contributed by atoms with E-state index in [-0.39, 0.29) is 0 Å². The van der Waals surface area contributed by atoms with E-state index >= 15 is 0 Å². The normalized spacial score (nSPS) is 12.9. The Bertz CT molecular complexity index is 2120. The van der Waals surface area contributed by atoms with Crippen molar-refractivity contribution in [3.63, 3.8) is 0 Å². The fourth-order valence-electron chi connectivity index (χ4n) is 6.09. The largest absolute Gasteiger partial charge is 0.453 e. The molecule has 0 saturated carbocycles. The molecule has 45 heavy (non-hydrogen) atoms. The highest BCUT2D eigenvalue weighted by Crippen LogP contribution is 2.52. The molecule has 9 rings (SSSR count). The van der Waals surface area contributed by atoms with Gasteiger partial charge in [-0.2, -0.15) is 0 Å². The summed E-state index contributed by atoms with van der Waals surface area (Å²) in [5, 5.41) is 9.20. The van der Waals surface area contributed by atoms with E-state index in [1.807, 2.05) is 71.2 Å². The first-order valence-electron chi connectivity index (χ1n) is 14.8. The molecule has 2 aliphatic heterocycles. The van der Waals surface area contributed by atoms with Gasteiger partial charge in [0.2, 0.25) is 0 Å². The van der Waals surface area contributed by atoms with E-state index in [2.05, 4.69) is 117 Å². The number of hydrogen-bond donors (Lipinski definition) is 0. The van der Waals surface area contributed by atoms with Gasteiger partial charge < -0.3 is 14.5 Å². The molecule has 0 amide bonds. The van der Waals surface area contributed by atoms with E-state index in [0.29, 0.717) is 0 Å². The lowest BCUT2D eigenvalue weighted by molar-refractivity contribution is 0.477. The maximum absolute atomic E-state index is 6.25. The van der Waals surface area contributed by atoms with Gasteiger partial charge in [0.25, 0.3) is 0 Å². The van der Waals surface area contributed by atoms with E-state index in [4.69, 9.17) is 4.74 Å². The smallest absolute Gasteiger partial charge is 0.151 e. The van der Waals surface area contributed by atoms with Crippen molar-refractivity contribution in [3.8, 4) is 28.4 Å². The van der Waals surface area contributed by atoms with Gasteiger partial charge in [0.1, 0.15) is 5.69 Å². The van der Waals surface area contributed by atoms with Crippen LogP contribution < -0.4 is 14.5 Å². The van der Waals surface area contributed by atoms with Crippen molar-refractivity contribution in [3.05, 3.63) is 152 Å². The molecule has 0 N–H and O–H groups in total. The van der Waals surface area contributed by atoms with Crippen LogP contribution in [0.2, 0.25) is 0 Å². The molecule has 0 radical (unpaired) electrons. The first-order valence-corrected chi connectivity index (χ1v) is 15.6. The highest BCUT2D eigenvalue weighted by molar-refractivity contribution is 7.99. The van der Waals surface area contributed by atoms with E-state index < -0.39 is 0 Å². The van der Waals surface area contributed by atoms with Crippen LogP contribution in [-0.4, -0.2) is 15.0 Å². The first kappa shape index (κ1) is 25.7. The average molecular weight is 600 g/mol. The lowest BCUT2D eigenvalue weighted by Gasteiger charge is -2.33.